The maximum Gasteiger partial charge on any atom is 0.0678 e. The molecular weight excluding hydrogens is 922 g/mol. The molecule has 0 radical (unpaired) electrons. The van der Waals surface area contributed by atoms with Crippen LogP contribution in [0.25, 0.3) is 0 Å². The van der Waals surface area contributed by atoms with Gasteiger partial charge in [-0.1, -0.05) is 91.0 Å². The number of carboxylic acid groups (broad SMARTS) is 6. The Hall–Kier alpha value is -4.70. The summed E-state index contributed by atoms with van der Waals surface area (Å²) >= 11 is 3.37. The van der Waals surface area contributed by atoms with Crippen LogP contribution in [0.1, 0.15) is 56.2 Å². The molecule has 0 heterocycles. The summed E-state index contributed by atoms with van der Waals surface area (Å²) in [5.41, 5.74) is 1.20. The predicted molar refractivity (Wildman–Crippen MR) is 196 cm³/mol. The van der Waals surface area contributed by atoms with Crippen molar-refractivity contribution in [1.82, 2.24) is 0 Å². The maximum atomic E-state index is 10.6. The number of hydrogen-bond donors (Lipinski definition) is 0. The number of carbonyl (C=O) groups excluding carboxylic acids is 6. The monoisotopic (exact) mass is 966 g/mol. The van der Waals surface area contributed by atoms with Gasteiger partial charge in [-0.3, -0.25) is 0 Å². The van der Waals surface area contributed by atoms with Crippen LogP contribution in [0.5, 0.6) is 0 Å². The van der Waals surface area contributed by atoms with Gasteiger partial charge >= 0.3 is 93.5 Å². The van der Waals surface area contributed by atoms with Crippen molar-refractivity contribution >= 4 is 80.9 Å². The van der Waals surface area contributed by atoms with Crippen molar-refractivity contribution in [3.05, 3.63) is 143 Å². The minimum absolute atomic E-state index is 0.0111. The van der Waals surface area contributed by atoms with Crippen molar-refractivity contribution in [2.24, 2.45) is 0 Å². The Labute approximate surface area is 348 Å². The average Bonchev–Trinajstić information content (AvgIpc) is 3.13. The summed E-state index contributed by atoms with van der Waals surface area (Å²) in [7, 11) is 0. The standard InChI is InChI=1S/3C11H10O4.2C4H9.2Sn/c3*12-10(13)7-9(11(14)15)6-8-4-2-1-3-5-8;2*1-3-4-2;;/h3*1-5,7H,6H2,(H,12,13)(H,14,15);2*1,3-4H2,2H3;;/q;;;;;2*+3/p-6/b3*9-7-;;;;. The van der Waals surface area contributed by atoms with E-state index in [2.05, 4.69) is 13.8 Å². The first-order valence-electron chi connectivity index (χ1n) is 16.9. The molecule has 3 aromatic carbocycles. The van der Waals surface area contributed by atoms with Crippen molar-refractivity contribution in [3.63, 3.8) is 0 Å². The van der Waals surface area contributed by atoms with Gasteiger partial charge in [-0.2, -0.15) is 0 Å². The van der Waals surface area contributed by atoms with E-state index in [1.807, 2.05) is 0 Å². The molecule has 3 rings (SSSR count). The molecule has 0 aliphatic carbocycles. The fourth-order valence-electron chi connectivity index (χ4n) is 3.77. The average molecular weight is 964 g/mol. The fourth-order valence-corrected chi connectivity index (χ4v) is 5.79. The Morgan fingerprint density at radius 1 is 0.436 bits per heavy atom. The zero-order valence-corrected chi connectivity index (χ0v) is 36.4. The van der Waals surface area contributed by atoms with Crippen molar-refractivity contribution in [3.8, 4) is 0 Å². The molecule has 12 nitrogen and oxygen atoms in total. The molecule has 0 atom stereocenters. The molecule has 3 aromatic rings. The van der Waals surface area contributed by atoms with Crippen LogP contribution in [0.15, 0.2) is 126 Å². The van der Waals surface area contributed by atoms with Crippen LogP contribution in [0.3, 0.4) is 0 Å². The molecule has 0 bridgehead atoms. The quantitative estimate of drug-likeness (QED) is 0.120. The Morgan fingerprint density at radius 2 is 0.655 bits per heavy atom. The molecule has 286 valence electrons. The summed E-state index contributed by atoms with van der Waals surface area (Å²) in [5.74, 6) is -9.10. The van der Waals surface area contributed by atoms with Gasteiger partial charge < -0.3 is 59.4 Å². The van der Waals surface area contributed by atoms with Crippen LogP contribution in [0.2, 0.25) is 8.87 Å². The van der Waals surface area contributed by atoms with E-state index in [1.54, 1.807) is 136 Å². The first kappa shape index (κ1) is 52.4. The number of unbranched alkanes of at least 4 members (excludes halogenated alkanes) is 2. The Balaban J connectivity index is 0. The van der Waals surface area contributed by atoms with Crippen LogP contribution < -0.4 is 30.6 Å². The predicted octanol–water partition coefficient (Wildman–Crippen LogP) is -1.29. The number of aliphatic carboxylic acids is 6. The third-order valence-corrected chi connectivity index (χ3v) is 8.45. The van der Waals surface area contributed by atoms with Crippen LogP contribution in [0, 0.1) is 0 Å². The summed E-state index contributed by atoms with van der Waals surface area (Å²) in [6.07, 6.45) is 7.26. The van der Waals surface area contributed by atoms with E-state index in [9.17, 15) is 59.4 Å². The van der Waals surface area contributed by atoms with Gasteiger partial charge in [0.15, 0.2) is 0 Å². The summed E-state index contributed by atoms with van der Waals surface area (Å²) in [6.45, 7) is 4.45. The second-order valence-electron chi connectivity index (χ2n) is 11.0. The van der Waals surface area contributed by atoms with Crippen molar-refractivity contribution in [2.75, 3.05) is 0 Å². The Morgan fingerprint density at radius 3 is 0.782 bits per heavy atom. The summed E-state index contributed by atoms with van der Waals surface area (Å²) in [5, 5.41) is 62.4. The van der Waals surface area contributed by atoms with Gasteiger partial charge in [0.1, 0.15) is 0 Å². The van der Waals surface area contributed by atoms with E-state index in [0.717, 1.165) is 0 Å². The number of carbonyl (C=O) groups is 6. The van der Waals surface area contributed by atoms with Crippen molar-refractivity contribution < 1.29 is 59.4 Å². The third kappa shape index (κ3) is 31.4. The summed E-state index contributed by atoms with van der Waals surface area (Å²) in [4.78, 5) is 62.4. The maximum absolute atomic E-state index is 10.6. The minimum atomic E-state index is -1.54. The van der Waals surface area contributed by atoms with E-state index < -0.39 is 35.8 Å². The molecular formula is C41H42O12Sn2. The SMILES string of the molecule is CCC[CH2][Sn+3].CCC[CH2][Sn+3].O=C([O-])/C=C(/Cc1ccccc1)C(=O)[O-].O=C([O-])/C=C(/Cc1ccccc1)C(=O)[O-].O=C([O-])/C=C(/Cc1ccccc1)C(=O)[O-]. The molecule has 14 heteroatoms. The third-order valence-electron chi connectivity index (χ3n) is 6.44. The van der Waals surface area contributed by atoms with Gasteiger partial charge in [0.25, 0.3) is 0 Å². The van der Waals surface area contributed by atoms with Crippen LogP contribution in [-0.2, 0) is 48.0 Å². The Kier molecular flexibility index (Phi) is 32.2. The van der Waals surface area contributed by atoms with Crippen LogP contribution in [-0.4, -0.2) is 80.9 Å². The zero-order valence-electron chi connectivity index (χ0n) is 30.7. The first-order chi connectivity index (χ1) is 26.1. The number of hydrogen-bond acceptors (Lipinski definition) is 12. The van der Waals surface area contributed by atoms with Gasteiger partial charge in [0.05, 0.1) is 35.8 Å². The molecule has 0 spiro atoms. The second-order valence-corrected chi connectivity index (χ2v) is 13.9. The number of rotatable bonds is 16. The molecule has 0 saturated carbocycles. The van der Waals surface area contributed by atoms with Crippen LogP contribution in [0.4, 0.5) is 0 Å². The molecule has 0 aliphatic rings. The topological polar surface area (TPSA) is 241 Å². The van der Waals surface area contributed by atoms with E-state index in [1.165, 1.54) is 34.6 Å². The molecule has 0 unspecified atom stereocenters. The molecule has 0 aliphatic heterocycles. The Bertz CT molecular complexity index is 1470. The number of benzene rings is 3. The van der Waals surface area contributed by atoms with E-state index in [4.69, 9.17) is 0 Å². The van der Waals surface area contributed by atoms with E-state index >= 15 is 0 Å². The summed E-state index contributed by atoms with van der Waals surface area (Å²) in [6, 6.07) is 26.0. The smallest absolute Gasteiger partial charge is 0.0678 e. The molecule has 0 saturated heterocycles. The molecule has 55 heavy (non-hydrogen) atoms. The van der Waals surface area contributed by atoms with E-state index in [-0.39, 0.29) is 36.0 Å². The van der Waals surface area contributed by atoms with Gasteiger partial charge in [-0.15, -0.1) is 0 Å². The van der Waals surface area contributed by atoms with Gasteiger partial charge in [-0.05, 0) is 70.9 Å². The van der Waals surface area contributed by atoms with E-state index in [0.29, 0.717) is 34.9 Å². The fraction of sp³-hybridized carbons (Fsp3) is 0.268. The van der Waals surface area contributed by atoms with Crippen LogP contribution >= 0.6 is 0 Å². The van der Waals surface area contributed by atoms with Gasteiger partial charge in [0.2, 0.25) is 0 Å². The summed E-state index contributed by atoms with van der Waals surface area (Å²) < 4.78 is 2.87. The molecule has 0 N–H and O–H groups in total. The zero-order chi connectivity index (χ0) is 42.0. The van der Waals surface area contributed by atoms with Crippen molar-refractivity contribution in [1.29, 1.82) is 0 Å². The first-order valence-corrected chi connectivity index (χ1v) is 20.9. The molecule has 0 amide bonds. The van der Waals surface area contributed by atoms with Crippen molar-refractivity contribution in [2.45, 2.75) is 67.7 Å². The normalized spacial score (nSPS) is 10.6. The minimum Gasteiger partial charge on any atom is -0.545 e. The molecule has 0 aromatic heterocycles. The number of carboxylic acids is 6. The second kappa shape index (κ2) is 33.8. The van der Waals surface area contributed by atoms with Gasteiger partial charge in [0, 0.05) is 0 Å². The largest absolute Gasteiger partial charge is 0.545 e. The molecule has 0 fully saturated rings. The van der Waals surface area contributed by atoms with Gasteiger partial charge in [-0.25, -0.2) is 0 Å².